The summed E-state index contributed by atoms with van der Waals surface area (Å²) in [4.78, 5) is 0. The third-order valence-electron chi connectivity index (χ3n) is 2.16. The average Bonchev–Trinajstić information content (AvgIpc) is 2.57. The molecule has 0 aliphatic carbocycles. The van der Waals surface area contributed by atoms with Crippen LogP contribution in [-0.4, -0.2) is 6.18 Å². The van der Waals surface area contributed by atoms with Gasteiger partial charge >= 0.3 is 6.18 Å². The fraction of sp³-hybridized carbons (Fsp3) is 0.200. The van der Waals surface area contributed by atoms with E-state index in [1.165, 1.54) is 24.3 Å². The van der Waals surface area contributed by atoms with Crippen molar-refractivity contribution in [3.8, 4) is 0 Å². The molecule has 0 aliphatic heterocycles. The molecule has 0 bridgehead atoms. The molecule has 0 saturated heterocycles. The Morgan fingerprint density at radius 2 is 1.94 bits per heavy atom. The van der Waals surface area contributed by atoms with Crippen LogP contribution in [0.2, 0.25) is 5.02 Å². The van der Waals surface area contributed by atoms with E-state index in [9.17, 15) is 13.2 Å². The van der Waals surface area contributed by atoms with Gasteiger partial charge in [0.2, 0.25) is 0 Å². The number of rotatable bonds is 1. The van der Waals surface area contributed by atoms with Crippen molar-refractivity contribution in [2.24, 2.45) is 5.73 Å². The Morgan fingerprint density at radius 3 is 2.56 bits per heavy atom. The molecule has 2 aromatic rings. The SMILES string of the molecule is NC(c1cc2cc(Cl)ccc2o1)C(F)(F)F. The Labute approximate surface area is 93.8 Å². The van der Waals surface area contributed by atoms with Crippen molar-refractivity contribution < 1.29 is 17.6 Å². The Hall–Kier alpha value is -1.20. The van der Waals surface area contributed by atoms with Crippen LogP contribution in [0.15, 0.2) is 28.7 Å². The first kappa shape index (κ1) is 11.3. The van der Waals surface area contributed by atoms with Gasteiger partial charge in [-0.15, -0.1) is 0 Å². The number of fused-ring (bicyclic) bond motifs is 1. The van der Waals surface area contributed by atoms with E-state index in [-0.39, 0.29) is 5.76 Å². The van der Waals surface area contributed by atoms with E-state index in [1.54, 1.807) is 0 Å². The summed E-state index contributed by atoms with van der Waals surface area (Å²) >= 11 is 5.70. The predicted molar refractivity (Wildman–Crippen MR) is 54.2 cm³/mol. The van der Waals surface area contributed by atoms with Gasteiger partial charge in [-0.05, 0) is 24.3 Å². The maximum atomic E-state index is 12.3. The summed E-state index contributed by atoms with van der Waals surface area (Å²) in [5.74, 6) is -0.315. The van der Waals surface area contributed by atoms with Crippen molar-refractivity contribution in [3.05, 3.63) is 35.0 Å². The number of furan rings is 1. The number of nitrogens with two attached hydrogens (primary N) is 1. The van der Waals surface area contributed by atoms with E-state index in [0.717, 1.165) is 0 Å². The van der Waals surface area contributed by atoms with Crippen LogP contribution in [0.4, 0.5) is 13.2 Å². The van der Waals surface area contributed by atoms with Gasteiger partial charge in [0.1, 0.15) is 11.3 Å². The summed E-state index contributed by atoms with van der Waals surface area (Å²) < 4.78 is 42.0. The molecule has 1 atom stereocenters. The second-order valence-corrected chi connectivity index (χ2v) is 3.79. The molecule has 2 nitrogen and oxygen atoms in total. The largest absolute Gasteiger partial charge is 0.459 e. The van der Waals surface area contributed by atoms with Gasteiger partial charge in [-0.3, -0.25) is 0 Å². The highest BCUT2D eigenvalue weighted by Gasteiger charge is 2.40. The van der Waals surface area contributed by atoms with Crippen LogP contribution in [0.25, 0.3) is 11.0 Å². The van der Waals surface area contributed by atoms with Gasteiger partial charge in [-0.1, -0.05) is 11.6 Å². The van der Waals surface area contributed by atoms with Crippen molar-refractivity contribution in [2.45, 2.75) is 12.2 Å². The molecular formula is C10H7ClF3NO. The lowest BCUT2D eigenvalue weighted by molar-refractivity contribution is -0.152. The third kappa shape index (κ3) is 2.01. The Morgan fingerprint density at radius 1 is 1.25 bits per heavy atom. The normalized spacial score (nSPS) is 14.3. The summed E-state index contributed by atoms with van der Waals surface area (Å²) in [5, 5.41) is 0.933. The highest BCUT2D eigenvalue weighted by molar-refractivity contribution is 6.31. The molecule has 0 fully saturated rings. The van der Waals surface area contributed by atoms with Crippen LogP contribution in [0.3, 0.4) is 0 Å². The Kier molecular flexibility index (Phi) is 2.59. The topological polar surface area (TPSA) is 39.2 Å². The van der Waals surface area contributed by atoms with Gasteiger partial charge in [0.25, 0.3) is 0 Å². The predicted octanol–water partition coefficient (Wildman–Crippen LogP) is 3.65. The van der Waals surface area contributed by atoms with Crippen LogP contribution in [0, 0.1) is 0 Å². The molecule has 1 unspecified atom stereocenters. The van der Waals surface area contributed by atoms with Crippen molar-refractivity contribution in [1.29, 1.82) is 0 Å². The van der Waals surface area contributed by atoms with Gasteiger partial charge in [0.05, 0.1) is 0 Å². The maximum absolute atomic E-state index is 12.3. The molecule has 86 valence electrons. The molecule has 1 heterocycles. The average molecular weight is 250 g/mol. The lowest BCUT2D eigenvalue weighted by Crippen LogP contribution is -2.27. The highest BCUT2D eigenvalue weighted by Crippen LogP contribution is 2.34. The van der Waals surface area contributed by atoms with Crippen molar-refractivity contribution in [3.63, 3.8) is 0 Å². The van der Waals surface area contributed by atoms with Crippen LogP contribution >= 0.6 is 11.6 Å². The number of hydrogen-bond donors (Lipinski definition) is 1. The van der Waals surface area contributed by atoms with E-state index >= 15 is 0 Å². The molecule has 0 saturated carbocycles. The minimum absolute atomic E-state index is 0.315. The number of halogens is 4. The first-order valence-corrected chi connectivity index (χ1v) is 4.77. The molecule has 1 aromatic carbocycles. The fourth-order valence-electron chi connectivity index (χ4n) is 1.35. The molecule has 0 radical (unpaired) electrons. The zero-order chi connectivity index (χ0) is 11.9. The first-order valence-electron chi connectivity index (χ1n) is 4.39. The second kappa shape index (κ2) is 3.68. The fourth-order valence-corrected chi connectivity index (χ4v) is 1.53. The smallest absolute Gasteiger partial charge is 0.410 e. The van der Waals surface area contributed by atoms with Gasteiger partial charge in [0.15, 0.2) is 6.04 Å². The quantitative estimate of drug-likeness (QED) is 0.838. The molecule has 2 rings (SSSR count). The minimum Gasteiger partial charge on any atom is -0.459 e. The summed E-state index contributed by atoms with van der Waals surface area (Å²) in [6, 6.07) is 3.70. The summed E-state index contributed by atoms with van der Waals surface area (Å²) in [6.45, 7) is 0. The monoisotopic (exact) mass is 249 g/mol. The van der Waals surface area contributed by atoms with Crippen LogP contribution in [-0.2, 0) is 0 Å². The summed E-state index contributed by atoms with van der Waals surface area (Å²) in [5.41, 5.74) is 5.35. The minimum atomic E-state index is -4.52. The molecule has 0 spiro atoms. The Balaban J connectivity index is 2.47. The van der Waals surface area contributed by atoms with E-state index in [0.29, 0.717) is 16.0 Å². The van der Waals surface area contributed by atoms with E-state index in [2.05, 4.69) is 0 Å². The number of alkyl halides is 3. The highest BCUT2D eigenvalue weighted by atomic mass is 35.5. The molecule has 0 amide bonds. The molecule has 16 heavy (non-hydrogen) atoms. The van der Waals surface area contributed by atoms with Crippen LogP contribution in [0.5, 0.6) is 0 Å². The standard InChI is InChI=1S/C10H7ClF3NO/c11-6-1-2-7-5(3-6)4-8(16-7)9(15)10(12,13)14/h1-4,9H,15H2. The maximum Gasteiger partial charge on any atom is 0.410 e. The number of hydrogen-bond acceptors (Lipinski definition) is 2. The molecule has 0 aliphatic rings. The van der Waals surface area contributed by atoms with Gasteiger partial charge in [-0.2, -0.15) is 13.2 Å². The second-order valence-electron chi connectivity index (χ2n) is 3.35. The van der Waals surface area contributed by atoms with Gasteiger partial charge in [0, 0.05) is 10.4 Å². The Bertz CT molecular complexity index is 520. The van der Waals surface area contributed by atoms with Crippen molar-refractivity contribution in [2.75, 3.05) is 0 Å². The zero-order valence-corrected chi connectivity index (χ0v) is 8.64. The van der Waals surface area contributed by atoms with Crippen LogP contribution < -0.4 is 5.73 Å². The van der Waals surface area contributed by atoms with Crippen molar-refractivity contribution in [1.82, 2.24) is 0 Å². The van der Waals surface area contributed by atoms with E-state index < -0.39 is 12.2 Å². The summed E-state index contributed by atoms with van der Waals surface area (Å²) in [7, 11) is 0. The first-order chi connectivity index (χ1) is 7.38. The van der Waals surface area contributed by atoms with Crippen LogP contribution in [0.1, 0.15) is 11.8 Å². The molecular weight excluding hydrogens is 243 g/mol. The lowest BCUT2D eigenvalue weighted by atomic mass is 10.2. The van der Waals surface area contributed by atoms with E-state index in [1.807, 2.05) is 0 Å². The van der Waals surface area contributed by atoms with E-state index in [4.69, 9.17) is 21.8 Å². The zero-order valence-electron chi connectivity index (χ0n) is 7.88. The lowest BCUT2D eigenvalue weighted by Gasteiger charge is -2.12. The number of benzene rings is 1. The molecule has 2 N–H and O–H groups in total. The van der Waals surface area contributed by atoms with Gasteiger partial charge in [-0.25, -0.2) is 0 Å². The summed E-state index contributed by atoms with van der Waals surface area (Å²) in [6.07, 6.45) is -4.52. The third-order valence-corrected chi connectivity index (χ3v) is 2.39. The van der Waals surface area contributed by atoms with Gasteiger partial charge < -0.3 is 10.2 Å². The molecule has 6 heteroatoms. The molecule has 1 aromatic heterocycles. The van der Waals surface area contributed by atoms with Crippen molar-refractivity contribution >= 4 is 22.6 Å².